The fourth-order valence-electron chi connectivity index (χ4n) is 3.49. The fraction of sp³-hybridized carbons (Fsp3) is 0.462. The number of unbranched alkanes of at least 4 members (excludes halogenated alkanes) is 9. The van der Waals surface area contributed by atoms with Gasteiger partial charge in [0.25, 0.3) is 0 Å². The Hall–Kier alpha value is -2.97. The second kappa shape index (κ2) is 14.4. The molecule has 0 amide bonds. The largest absolute Gasteiger partial charge is 0.462 e. The lowest BCUT2D eigenvalue weighted by Crippen LogP contribution is -2.18. The molecule has 9 heteroatoms. The molecule has 0 atom stereocenters. The summed E-state index contributed by atoms with van der Waals surface area (Å²) in [7, 11) is 0. The molecule has 0 radical (unpaired) electrons. The van der Waals surface area contributed by atoms with Crippen LogP contribution in [0, 0.1) is 29.1 Å². The van der Waals surface area contributed by atoms with E-state index in [1.165, 1.54) is 56.7 Å². The monoisotopic (exact) mass is 500 g/mol. The lowest BCUT2D eigenvalue weighted by atomic mass is 10.1. The van der Waals surface area contributed by atoms with Gasteiger partial charge in [-0.2, -0.15) is 8.78 Å². The van der Waals surface area contributed by atoms with Crippen molar-refractivity contribution in [2.45, 2.75) is 71.1 Å². The van der Waals surface area contributed by atoms with Crippen LogP contribution in [0.3, 0.4) is 0 Å². The van der Waals surface area contributed by atoms with Crippen LogP contribution in [0.25, 0.3) is 0 Å². The number of benzene rings is 2. The normalized spacial score (nSPS) is 10.9. The lowest BCUT2D eigenvalue weighted by molar-refractivity contribution is 0.0489. The smallest absolute Gasteiger partial charge is 0.344 e. The average Bonchev–Trinajstić information content (AvgIpc) is 2.87. The van der Waals surface area contributed by atoms with Crippen LogP contribution in [0.4, 0.5) is 22.0 Å². The maximum Gasteiger partial charge on any atom is 0.344 e. The van der Waals surface area contributed by atoms with Crippen molar-refractivity contribution in [3.8, 4) is 5.75 Å². The Labute approximate surface area is 201 Å². The molecule has 0 unspecified atom stereocenters. The molecule has 0 aliphatic heterocycles. The molecular weight excluding hydrogens is 471 g/mol. The molecule has 0 fully saturated rings. The summed E-state index contributed by atoms with van der Waals surface area (Å²) in [5.74, 6) is -15.6. The average molecular weight is 501 g/mol. The van der Waals surface area contributed by atoms with Gasteiger partial charge in [0.2, 0.25) is 34.8 Å². The molecule has 0 N–H and O–H groups in total. The van der Waals surface area contributed by atoms with E-state index in [9.17, 15) is 31.5 Å². The Bertz CT molecular complexity index is 980. The van der Waals surface area contributed by atoms with E-state index < -0.39 is 52.3 Å². The highest BCUT2D eigenvalue weighted by atomic mass is 19.2. The maximum atomic E-state index is 13.8. The van der Waals surface area contributed by atoms with E-state index in [1.54, 1.807) is 0 Å². The maximum absolute atomic E-state index is 13.8. The minimum atomic E-state index is -2.38. The van der Waals surface area contributed by atoms with Crippen LogP contribution in [0.5, 0.6) is 5.75 Å². The molecule has 2 aromatic rings. The molecule has 4 nitrogen and oxygen atoms in total. The Morgan fingerprint density at radius 3 is 1.57 bits per heavy atom. The van der Waals surface area contributed by atoms with Crippen molar-refractivity contribution in [1.29, 1.82) is 0 Å². The number of rotatable bonds is 14. The fourth-order valence-corrected chi connectivity index (χ4v) is 3.49. The van der Waals surface area contributed by atoms with Crippen molar-refractivity contribution in [1.82, 2.24) is 0 Å². The third-order valence-electron chi connectivity index (χ3n) is 5.46. The Balaban J connectivity index is 1.88. The van der Waals surface area contributed by atoms with Gasteiger partial charge in [-0.05, 0) is 18.6 Å². The summed E-state index contributed by atoms with van der Waals surface area (Å²) >= 11 is 0. The van der Waals surface area contributed by atoms with Crippen LogP contribution in [-0.2, 0) is 4.74 Å². The van der Waals surface area contributed by atoms with Crippen molar-refractivity contribution in [2.24, 2.45) is 0 Å². The van der Waals surface area contributed by atoms with Crippen LogP contribution in [0.1, 0.15) is 91.8 Å². The molecule has 0 aromatic heterocycles. The second-order valence-corrected chi connectivity index (χ2v) is 8.15. The number of carbonyl (C=O) groups is 2. The number of carbonyl (C=O) groups excluding carboxylic acids is 2. The molecule has 0 bridgehead atoms. The van der Waals surface area contributed by atoms with E-state index in [0.29, 0.717) is 6.42 Å². The first-order valence-electron chi connectivity index (χ1n) is 11.8. The van der Waals surface area contributed by atoms with E-state index in [4.69, 9.17) is 4.74 Å². The molecule has 0 aliphatic rings. The van der Waals surface area contributed by atoms with E-state index in [1.807, 2.05) is 0 Å². The molecule has 0 saturated heterocycles. The zero-order valence-electron chi connectivity index (χ0n) is 19.6. The van der Waals surface area contributed by atoms with Crippen LogP contribution >= 0.6 is 0 Å². The summed E-state index contributed by atoms with van der Waals surface area (Å²) in [4.78, 5) is 24.8. The number of esters is 2. The molecule has 2 rings (SSSR count). The van der Waals surface area contributed by atoms with Gasteiger partial charge in [0.1, 0.15) is 0 Å². The van der Waals surface area contributed by atoms with Crippen LogP contribution in [-0.4, -0.2) is 18.5 Å². The quantitative estimate of drug-likeness (QED) is 0.0667. The van der Waals surface area contributed by atoms with E-state index in [0.717, 1.165) is 25.3 Å². The second-order valence-electron chi connectivity index (χ2n) is 8.15. The number of hydrogen-bond donors (Lipinski definition) is 0. The lowest BCUT2D eigenvalue weighted by Gasteiger charge is -2.11. The Kier molecular flexibility index (Phi) is 11.7. The molecule has 2 aromatic carbocycles. The SMILES string of the molecule is CCCCCCCCCCCCOC(=O)c1ccccc1C(=O)Oc1c(F)c(F)c(F)c(F)c1F. The first kappa shape index (κ1) is 28.3. The molecule has 0 saturated carbocycles. The van der Waals surface area contributed by atoms with Gasteiger partial charge in [0.15, 0.2) is 0 Å². The summed E-state index contributed by atoms with van der Waals surface area (Å²) in [6.45, 7) is 2.29. The molecule has 35 heavy (non-hydrogen) atoms. The minimum absolute atomic E-state index is 0.107. The van der Waals surface area contributed by atoms with Crippen molar-refractivity contribution in [3.63, 3.8) is 0 Å². The third-order valence-corrected chi connectivity index (χ3v) is 5.46. The standard InChI is InChI=1S/C26H29F5O4/c1-2-3-4-5-6-7-8-9-10-13-16-34-25(32)17-14-11-12-15-18(17)26(33)35-24-22(30)20(28)19(27)21(29)23(24)31/h11-12,14-15H,2-10,13,16H2,1H3. The van der Waals surface area contributed by atoms with Gasteiger partial charge in [-0.25, -0.2) is 22.8 Å². The summed E-state index contributed by atoms with van der Waals surface area (Å²) in [5, 5.41) is 0. The predicted molar refractivity (Wildman–Crippen MR) is 120 cm³/mol. The summed E-state index contributed by atoms with van der Waals surface area (Å²) < 4.78 is 77.2. The topological polar surface area (TPSA) is 52.6 Å². The van der Waals surface area contributed by atoms with Crippen molar-refractivity contribution in [3.05, 3.63) is 64.5 Å². The molecule has 0 heterocycles. The molecular formula is C26H29F5O4. The number of ether oxygens (including phenoxy) is 2. The highest BCUT2D eigenvalue weighted by Gasteiger charge is 2.30. The van der Waals surface area contributed by atoms with Crippen molar-refractivity contribution >= 4 is 11.9 Å². The van der Waals surface area contributed by atoms with Crippen LogP contribution < -0.4 is 4.74 Å². The zero-order chi connectivity index (χ0) is 25.8. The van der Waals surface area contributed by atoms with Gasteiger partial charge in [-0.3, -0.25) is 0 Å². The summed E-state index contributed by atoms with van der Waals surface area (Å²) in [6, 6.07) is 5.11. The minimum Gasteiger partial charge on any atom is -0.462 e. The van der Waals surface area contributed by atoms with Gasteiger partial charge in [-0.15, -0.1) is 0 Å². The molecule has 0 aliphatic carbocycles. The van der Waals surface area contributed by atoms with Gasteiger partial charge in [0, 0.05) is 0 Å². The Morgan fingerprint density at radius 2 is 1.06 bits per heavy atom. The third kappa shape index (κ3) is 8.04. The van der Waals surface area contributed by atoms with Crippen LogP contribution in [0.2, 0.25) is 0 Å². The number of hydrogen-bond acceptors (Lipinski definition) is 4. The number of halogens is 5. The molecule has 0 spiro atoms. The molecule has 192 valence electrons. The Morgan fingerprint density at radius 1 is 0.629 bits per heavy atom. The zero-order valence-corrected chi connectivity index (χ0v) is 19.6. The summed E-state index contributed by atoms with van der Waals surface area (Å²) in [6.07, 6.45) is 11.0. The predicted octanol–water partition coefficient (Wildman–Crippen LogP) is 7.68. The van der Waals surface area contributed by atoms with Crippen LogP contribution in [0.15, 0.2) is 24.3 Å². The van der Waals surface area contributed by atoms with Gasteiger partial charge >= 0.3 is 11.9 Å². The van der Waals surface area contributed by atoms with E-state index in [2.05, 4.69) is 11.7 Å². The summed E-state index contributed by atoms with van der Waals surface area (Å²) in [5.41, 5.74) is -0.696. The first-order valence-corrected chi connectivity index (χ1v) is 11.8. The first-order chi connectivity index (χ1) is 16.8. The van der Waals surface area contributed by atoms with E-state index in [-0.39, 0.29) is 12.2 Å². The van der Waals surface area contributed by atoms with E-state index >= 15 is 0 Å². The van der Waals surface area contributed by atoms with Gasteiger partial charge in [0.05, 0.1) is 17.7 Å². The van der Waals surface area contributed by atoms with Crippen molar-refractivity contribution < 1.29 is 41.0 Å². The van der Waals surface area contributed by atoms with Gasteiger partial charge in [-0.1, -0.05) is 76.8 Å². The van der Waals surface area contributed by atoms with Gasteiger partial charge < -0.3 is 9.47 Å². The van der Waals surface area contributed by atoms with Crippen molar-refractivity contribution in [2.75, 3.05) is 6.61 Å². The highest BCUT2D eigenvalue weighted by Crippen LogP contribution is 2.30. The highest BCUT2D eigenvalue weighted by molar-refractivity contribution is 6.03.